The number of hydrogen-bond donors (Lipinski definition) is 1. The lowest BCUT2D eigenvalue weighted by atomic mass is 9.87. The number of benzene rings is 1. The number of nitro groups is 1. The molecule has 0 amide bonds. The fraction of sp³-hybridized carbons (Fsp3) is 0.455. The van der Waals surface area contributed by atoms with Gasteiger partial charge >= 0.3 is 0 Å². The summed E-state index contributed by atoms with van der Waals surface area (Å²) >= 11 is 0. The largest absolute Gasteiger partial charge is 0.368 e. The maximum absolute atomic E-state index is 13.6. The van der Waals surface area contributed by atoms with Gasteiger partial charge in [-0.2, -0.15) is 0 Å². The van der Waals surface area contributed by atoms with E-state index in [-0.39, 0.29) is 12.0 Å². The maximum Gasteiger partial charge on any atom is 0.243 e. The molecule has 3 atom stereocenters. The zero-order chi connectivity index (χ0) is 14.2. The average molecular weight is 277 g/mol. The van der Waals surface area contributed by atoms with E-state index in [1.165, 1.54) is 0 Å². The summed E-state index contributed by atoms with van der Waals surface area (Å²) in [5, 5.41) is 20.2. The van der Waals surface area contributed by atoms with Crippen LogP contribution in [0.5, 0.6) is 0 Å². The number of halogens is 3. The van der Waals surface area contributed by atoms with Crippen LogP contribution in [0.2, 0.25) is 0 Å². The number of nitrogens with zero attached hydrogens (tertiary/aromatic N) is 1. The Labute approximate surface area is 105 Å². The molecule has 1 aromatic carbocycles. The van der Waals surface area contributed by atoms with E-state index in [1.54, 1.807) is 0 Å². The van der Waals surface area contributed by atoms with Gasteiger partial charge in [0.05, 0.1) is 5.92 Å². The molecule has 1 aromatic rings. The molecule has 0 saturated carbocycles. The van der Waals surface area contributed by atoms with Gasteiger partial charge in [0.1, 0.15) is 12.4 Å². The van der Waals surface area contributed by atoms with Gasteiger partial charge in [-0.05, 0) is 6.07 Å². The third-order valence-electron chi connectivity index (χ3n) is 3.09. The van der Waals surface area contributed by atoms with Gasteiger partial charge in [0.2, 0.25) is 6.04 Å². The van der Waals surface area contributed by atoms with E-state index in [2.05, 4.69) is 0 Å². The van der Waals surface area contributed by atoms with Crippen LogP contribution in [0.15, 0.2) is 12.1 Å². The molecule has 0 bridgehead atoms. The molecule has 1 heterocycles. The van der Waals surface area contributed by atoms with Crippen LogP contribution in [0, 0.1) is 27.6 Å². The van der Waals surface area contributed by atoms with Crippen LogP contribution in [0.25, 0.3) is 0 Å². The van der Waals surface area contributed by atoms with Gasteiger partial charge in [-0.15, -0.1) is 0 Å². The Morgan fingerprint density at radius 3 is 2.53 bits per heavy atom. The van der Waals surface area contributed by atoms with Crippen LogP contribution < -0.4 is 0 Å². The van der Waals surface area contributed by atoms with E-state index in [1.807, 2.05) is 0 Å². The number of ether oxygens (including phenoxy) is 1. The lowest BCUT2D eigenvalue weighted by molar-refractivity contribution is -0.538. The highest BCUT2D eigenvalue weighted by molar-refractivity contribution is 5.25. The summed E-state index contributed by atoms with van der Waals surface area (Å²) in [4.78, 5) is 10.2. The van der Waals surface area contributed by atoms with Crippen LogP contribution in [-0.2, 0) is 4.74 Å². The Hall–Kier alpha value is -1.67. The third-order valence-corrected chi connectivity index (χ3v) is 3.09. The molecule has 5 nitrogen and oxygen atoms in total. The van der Waals surface area contributed by atoms with E-state index in [0.717, 1.165) is 0 Å². The van der Waals surface area contributed by atoms with Crippen molar-refractivity contribution >= 4 is 0 Å². The van der Waals surface area contributed by atoms with Crippen molar-refractivity contribution in [2.45, 2.75) is 24.7 Å². The third kappa shape index (κ3) is 2.69. The SMILES string of the molecule is O=[N+]([O-])[C@@H]1CO[C@H](O)C[C@H]1c1cc(F)c(F)cc1F. The van der Waals surface area contributed by atoms with Crippen molar-refractivity contribution in [2.24, 2.45) is 0 Å². The van der Waals surface area contributed by atoms with Gasteiger partial charge < -0.3 is 9.84 Å². The zero-order valence-corrected chi connectivity index (χ0v) is 9.55. The Morgan fingerprint density at radius 1 is 1.26 bits per heavy atom. The van der Waals surface area contributed by atoms with Gasteiger partial charge in [0.15, 0.2) is 17.9 Å². The van der Waals surface area contributed by atoms with E-state index in [9.17, 15) is 28.4 Å². The summed E-state index contributed by atoms with van der Waals surface area (Å²) in [6.45, 7) is -0.419. The molecule has 104 valence electrons. The van der Waals surface area contributed by atoms with Crippen molar-refractivity contribution in [3.8, 4) is 0 Å². The number of rotatable bonds is 2. The molecule has 0 aliphatic carbocycles. The first-order valence-corrected chi connectivity index (χ1v) is 5.47. The van der Waals surface area contributed by atoms with Gasteiger partial charge in [-0.25, -0.2) is 13.2 Å². The van der Waals surface area contributed by atoms with Gasteiger partial charge in [0, 0.05) is 23.0 Å². The summed E-state index contributed by atoms with van der Waals surface area (Å²) in [6, 6.07) is -0.393. The lowest BCUT2D eigenvalue weighted by Crippen LogP contribution is -2.41. The molecule has 2 rings (SSSR count). The molecule has 1 fully saturated rings. The molecule has 19 heavy (non-hydrogen) atoms. The molecular weight excluding hydrogens is 267 g/mol. The van der Waals surface area contributed by atoms with Crippen LogP contribution >= 0.6 is 0 Å². The summed E-state index contributed by atoms with van der Waals surface area (Å²) in [5.74, 6) is -4.82. The molecule has 0 radical (unpaired) electrons. The maximum atomic E-state index is 13.6. The van der Waals surface area contributed by atoms with Crippen LogP contribution in [0.4, 0.5) is 13.2 Å². The normalized spacial score (nSPS) is 27.3. The van der Waals surface area contributed by atoms with Crippen LogP contribution in [0.1, 0.15) is 17.9 Å². The topological polar surface area (TPSA) is 72.6 Å². The quantitative estimate of drug-likeness (QED) is 0.506. The molecule has 0 aromatic heterocycles. The minimum atomic E-state index is -1.37. The summed E-state index contributed by atoms with van der Waals surface area (Å²) in [7, 11) is 0. The monoisotopic (exact) mass is 277 g/mol. The van der Waals surface area contributed by atoms with Crippen LogP contribution in [-0.4, -0.2) is 29.0 Å². The minimum absolute atomic E-state index is 0.256. The fourth-order valence-electron chi connectivity index (χ4n) is 2.13. The van der Waals surface area contributed by atoms with E-state index >= 15 is 0 Å². The highest BCUT2D eigenvalue weighted by Crippen LogP contribution is 2.33. The number of aliphatic hydroxyl groups excluding tert-OH is 1. The first-order valence-electron chi connectivity index (χ1n) is 5.47. The molecule has 0 spiro atoms. The van der Waals surface area contributed by atoms with Gasteiger partial charge in [-0.1, -0.05) is 0 Å². The van der Waals surface area contributed by atoms with Gasteiger partial charge in [-0.3, -0.25) is 10.1 Å². The van der Waals surface area contributed by atoms with Crippen LogP contribution in [0.3, 0.4) is 0 Å². The van der Waals surface area contributed by atoms with E-state index in [0.29, 0.717) is 12.1 Å². The lowest BCUT2D eigenvalue weighted by Gasteiger charge is -2.29. The molecule has 1 saturated heterocycles. The molecular formula is C11H10F3NO4. The highest BCUT2D eigenvalue weighted by Gasteiger charge is 2.41. The van der Waals surface area contributed by atoms with Crippen molar-refractivity contribution in [3.63, 3.8) is 0 Å². The Morgan fingerprint density at radius 2 is 1.89 bits per heavy atom. The Bertz CT molecular complexity index is 511. The van der Waals surface area contributed by atoms with Gasteiger partial charge in [0.25, 0.3) is 0 Å². The first kappa shape index (κ1) is 13.8. The fourth-order valence-corrected chi connectivity index (χ4v) is 2.13. The molecule has 1 N–H and O–H groups in total. The second-order valence-corrected chi connectivity index (χ2v) is 4.27. The van der Waals surface area contributed by atoms with Crippen molar-refractivity contribution in [2.75, 3.05) is 6.61 Å². The van der Waals surface area contributed by atoms with Crippen molar-refractivity contribution in [3.05, 3.63) is 45.3 Å². The molecule has 8 heteroatoms. The average Bonchev–Trinajstić information content (AvgIpc) is 2.33. The Kier molecular flexibility index (Phi) is 3.72. The van der Waals surface area contributed by atoms with E-state index in [4.69, 9.17) is 4.74 Å². The molecule has 1 aliphatic heterocycles. The minimum Gasteiger partial charge on any atom is -0.368 e. The second-order valence-electron chi connectivity index (χ2n) is 4.27. The predicted molar refractivity (Wildman–Crippen MR) is 56.4 cm³/mol. The highest BCUT2D eigenvalue weighted by atomic mass is 19.2. The van der Waals surface area contributed by atoms with E-state index < -0.39 is 47.2 Å². The number of aliphatic hydroxyl groups is 1. The summed E-state index contributed by atoms with van der Waals surface area (Å²) in [6.07, 6.45) is -1.55. The van der Waals surface area contributed by atoms with Crippen molar-refractivity contribution in [1.29, 1.82) is 0 Å². The summed E-state index contributed by atoms with van der Waals surface area (Å²) < 4.78 is 44.3. The Balaban J connectivity index is 2.41. The zero-order valence-electron chi connectivity index (χ0n) is 9.55. The standard InChI is InChI=1S/C11H10F3NO4/c12-7-3-9(14)8(13)1-5(7)6-2-11(16)19-4-10(6)15(17)18/h1,3,6,10-11,16H,2,4H2/t6-,10+,11-/m0/s1. The number of hydrogen-bond acceptors (Lipinski definition) is 4. The predicted octanol–water partition coefficient (Wildman–Crippen LogP) is 1.57. The molecule has 0 unspecified atom stereocenters. The summed E-state index contributed by atoms with van der Waals surface area (Å²) in [5.41, 5.74) is -0.331. The smallest absolute Gasteiger partial charge is 0.243 e. The second kappa shape index (κ2) is 5.14. The van der Waals surface area contributed by atoms with Crippen molar-refractivity contribution in [1.82, 2.24) is 0 Å². The first-order chi connectivity index (χ1) is 8.90. The van der Waals surface area contributed by atoms with Crippen molar-refractivity contribution < 1.29 is 27.9 Å². The molecule has 1 aliphatic rings.